The fourth-order valence-corrected chi connectivity index (χ4v) is 7.04. The van der Waals surface area contributed by atoms with Gasteiger partial charge in [0.1, 0.15) is 16.1 Å². The zero-order valence-corrected chi connectivity index (χ0v) is 30.1. The van der Waals surface area contributed by atoms with Gasteiger partial charge in [-0.15, -0.1) is 13.2 Å². The van der Waals surface area contributed by atoms with E-state index in [1.165, 1.54) is 18.2 Å². The number of alkyl halides is 5. The Bertz CT molecular complexity index is 1840. The second-order valence-corrected chi connectivity index (χ2v) is 14.9. The highest BCUT2D eigenvalue weighted by Gasteiger charge is 2.33. The minimum atomic E-state index is -5.21. The lowest BCUT2D eigenvalue weighted by Crippen LogP contribution is -2.37. The second-order valence-electron chi connectivity index (χ2n) is 12.2. The Labute approximate surface area is 311 Å². The number of sulfonamides is 1. The Morgan fingerprint density at radius 1 is 1.04 bits per heavy atom. The van der Waals surface area contributed by atoms with Crippen LogP contribution >= 0.6 is 23.2 Å². The van der Waals surface area contributed by atoms with Crippen LogP contribution in [0, 0.1) is 11.1 Å². The Morgan fingerprint density at radius 3 is 2.36 bits per heavy atom. The summed E-state index contributed by atoms with van der Waals surface area (Å²) in [4.78, 5) is 15.7. The lowest BCUT2D eigenvalue weighted by atomic mass is 10.0. The average Bonchev–Trinajstić information content (AvgIpc) is 3.90. The number of morpholine rings is 1. The summed E-state index contributed by atoms with van der Waals surface area (Å²) in [6.07, 6.45) is -2.88. The molecule has 1 aliphatic carbocycles. The van der Waals surface area contributed by atoms with Crippen molar-refractivity contribution < 1.29 is 63.6 Å². The van der Waals surface area contributed by atoms with E-state index in [0.717, 1.165) is 43.4 Å². The molecular formula is C33H34Cl2F5N3O9S. The van der Waals surface area contributed by atoms with Crippen molar-refractivity contribution in [2.75, 3.05) is 49.9 Å². The molecule has 1 saturated heterocycles. The SMILES string of the molecule is O=C(O[C@@H](Cc1c(Cl)c[n+]([O-])cc1Cl)c1ccc(OC(F)F)c(OCC2CC2)c1)c1ccc(OC(F)(F)F)c(NS(=O)(=O)CCCN2CCOCC2)c1. The summed E-state index contributed by atoms with van der Waals surface area (Å²) in [5.41, 5.74) is -0.736. The summed E-state index contributed by atoms with van der Waals surface area (Å²) in [6, 6.07) is 6.32. The first-order valence-corrected chi connectivity index (χ1v) is 18.7. The number of anilines is 1. The number of nitrogens with one attached hydrogen (secondary N) is 1. The third kappa shape index (κ3) is 12.3. The molecule has 2 heterocycles. The second kappa shape index (κ2) is 17.5. The highest BCUT2D eigenvalue weighted by atomic mass is 35.5. The van der Waals surface area contributed by atoms with Gasteiger partial charge in [0.15, 0.2) is 29.6 Å². The number of rotatable bonds is 17. The van der Waals surface area contributed by atoms with Crippen molar-refractivity contribution in [3.05, 3.63) is 80.7 Å². The minimum Gasteiger partial charge on any atom is -0.619 e. The number of aromatic nitrogens is 1. The largest absolute Gasteiger partial charge is 0.619 e. The number of carbonyl (C=O) groups excluding carboxylic acids is 1. The molecule has 0 unspecified atom stereocenters. The van der Waals surface area contributed by atoms with E-state index in [0.29, 0.717) is 37.6 Å². The number of halogens is 7. The predicted molar refractivity (Wildman–Crippen MR) is 181 cm³/mol. The van der Waals surface area contributed by atoms with Gasteiger partial charge in [-0.25, -0.2) is 13.2 Å². The number of benzene rings is 2. The van der Waals surface area contributed by atoms with Crippen molar-refractivity contribution in [1.29, 1.82) is 0 Å². The average molecular weight is 815 g/mol. The number of nitrogens with zero attached hydrogens (tertiary/aromatic N) is 2. The van der Waals surface area contributed by atoms with Gasteiger partial charge in [-0.1, -0.05) is 29.3 Å². The van der Waals surface area contributed by atoms with Crippen LogP contribution in [-0.2, 0) is 25.9 Å². The molecule has 1 aromatic heterocycles. The van der Waals surface area contributed by atoms with Crippen molar-refractivity contribution >= 4 is 44.9 Å². The number of ether oxygens (including phenoxy) is 5. The van der Waals surface area contributed by atoms with E-state index < -0.39 is 52.3 Å². The van der Waals surface area contributed by atoms with Gasteiger partial charge >= 0.3 is 18.9 Å². The first-order chi connectivity index (χ1) is 25.0. The Kier molecular flexibility index (Phi) is 13.3. The van der Waals surface area contributed by atoms with Crippen molar-refractivity contribution in [2.24, 2.45) is 5.92 Å². The maximum Gasteiger partial charge on any atom is 0.573 e. The highest BCUT2D eigenvalue weighted by Crippen LogP contribution is 2.39. The molecule has 12 nitrogen and oxygen atoms in total. The van der Waals surface area contributed by atoms with E-state index in [-0.39, 0.29) is 63.6 Å². The molecule has 0 amide bonds. The maximum absolute atomic E-state index is 13.7. The summed E-state index contributed by atoms with van der Waals surface area (Å²) in [5.74, 6) is -2.68. The molecule has 1 saturated carbocycles. The summed E-state index contributed by atoms with van der Waals surface area (Å²) >= 11 is 12.6. The summed E-state index contributed by atoms with van der Waals surface area (Å²) < 4.78 is 120. The Balaban J connectivity index is 1.44. The van der Waals surface area contributed by atoms with Crippen LogP contribution in [0.3, 0.4) is 0 Å². The third-order valence-electron chi connectivity index (χ3n) is 8.12. The van der Waals surface area contributed by atoms with E-state index in [1.807, 2.05) is 4.90 Å². The minimum absolute atomic E-state index is 0.0858. The van der Waals surface area contributed by atoms with Crippen molar-refractivity contribution in [3.63, 3.8) is 0 Å². The quantitative estimate of drug-likeness (QED) is 0.0694. The molecule has 0 radical (unpaired) electrons. The molecule has 5 rings (SSSR count). The fourth-order valence-electron chi connectivity index (χ4n) is 5.33. The third-order valence-corrected chi connectivity index (χ3v) is 10.1. The van der Waals surface area contributed by atoms with E-state index in [9.17, 15) is 40.4 Å². The van der Waals surface area contributed by atoms with Gasteiger partial charge in [-0.2, -0.15) is 13.5 Å². The smallest absolute Gasteiger partial charge is 0.573 e. The van der Waals surface area contributed by atoms with Crippen LogP contribution in [-0.4, -0.2) is 77.5 Å². The molecule has 3 aromatic rings. The molecule has 2 aromatic carbocycles. The summed E-state index contributed by atoms with van der Waals surface area (Å²) in [7, 11) is -4.24. The predicted octanol–water partition coefficient (Wildman–Crippen LogP) is 6.52. The molecule has 1 atom stereocenters. The van der Waals surface area contributed by atoms with Crippen LogP contribution in [0.15, 0.2) is 48.8 Å². The molecule has 53 heavy (non-hydrogen) atoms. The monoisotopic (exact) mass is 813 g/mol. The first kappa shape index (κ1) is 40.3. The van der Waals surface area contributed by atoms with Gasteiger partial charge in [-0.05, 0) is 67.6 Å². The van der Waals surface area contributed by atoms with Crippen LogP contribution in [0.2, 0.25) is 10.0 Å². The molecule has 2 aliphatic rings. The van der Waals surface area contributed by atoms with Crippen LogP contribution in [0.5, 0.6) is 17.2 Å². The fraction of sp³-hybridized carbons (Fsp3) is 0.455. The molecule has 1 aliphatic heterocycles. The lowest BCUT2D eigenvalue weighted by molar-refractivity contribution is -0.605. The highest BCUT2D eigenvalue weighted by molar-refractivity contribution is 7.92. The maximum atomic E-state index is 13.7. The number of carbonyl (C=O) groups is 1. The normalized spacial score (nSPS) is 15.9. The van der Waals surface area contributed by atoms with Gasteiger partial charge in [-0.3, -0.25) is 9.62 Å². The molecule has 2 fully saturated rings. The van der Waals surface area contributed by atoms with Crippen molar-refractivity contribution in [3.8, 4) is 17.2 Å². The van der Waals surface area contributed by atoms with E-state index in [1.54, 1.807) is 0 Å². The van der Waals surface area contributed by atoms with Crippen LogP contribution in [0.1, 0.15) is 46.9 Å². The molecule has 20 heteroatoms. The first-order valence-electron chi connectivity index (χ1n) is 16.2. The number of hydrogen-bond acceptors (Lipinski definition) is 10. The van der Waals surface area contributed by atoms with Gasteiger partial charge in [0.05, 0.1) is 36.8 Å². The van der Waals surface area contributed by atoms with E-state index in [2.05, 4.69) is 14.2 Å². The zero-order valence-electron chi connectivity index (χ0n) is 27.8. The number of esters is 1. The standard InChI is InChI=1S/C33H34Cl2F5N3O9S/c34-24-17-43(45)18-25(35)23(24)16-29(21-4-7-28(51-32(36)37)30(15-21)49-19-20-2-3-20)50-31(44)22-5-6-27(52-33(38,39)40)26(14-22)41-53(46,47)13-1-8-42-9-11-48-12-10-42/h4-7,14-15,17-18,20,29,32,41H,1-3,8-13,16,19H2/t29-/m0/s1. The Morgan fingerprint density at radius 2 is 1.72 bits per heavy atom. The lowest BCUT2D eigenvalue weighted by Gasteiger charge is -2.26. The van der Waals surface area contributed by atoms with Gasteiger partial charge in [0.25, 0.3) is 0 Å². The van der Waals surface area contributed by atoms with Crippen molar-refractivity contribution in [2.45, 2.75) is 44.8 Å². The molecule has 1 N–H and O–H groups in total. The molecular weight excluding hydrogens is 780 g/mol. The van der Waals surface area contributed by atoms with Crippen molar-refractivity contribution in [1.82, 2.24) is 4.90 Å². The molecule has 0 bridgehead atoms. The van der Waals surface area contributed by atoms with Crippen LogP contribution < -0.4 is 23.7 Å². The van der Waals surface area contributed by atoms with Gasteiger partial charge in [0, 0.05) is 25.1 Å². The van der Waals surface area contributed by atoms with E-state index in [4.69, 9.17) is 37.4 Å². The van der Waals surface area contributed by atoms with E-state index >= 15 is 0 Å². The Hall–Kier alpha value is -3.84. The molecule has 0 spiro atoms. The topological polar surface area (TPSA) is 140 Å². The summed E-state index contributed by atoms with van der Waals surface area (Å²) in [6.45, 7) is -0.391. The van der Waals surface area contributed by atoms with Crippen LogP contribution in [0.25, 0.3) is 0 Å². The molecule has 290 valence electrons. The van der Waals surface area contributed by atoms with Gasteiger partial charge in [0.2, 0.25) is 10.0 Å². The number of pyridine rings is 1. The zero-order chi connectivity index (χ0) is 38.3. The number of hydrogen-bond donors (Lipinski definition) is 1. The van der Waals surface area contributed by atoms with Crippen LogP contribution in [0.4, 0.5) is 27.6 Å². The summed E-state index contributed by atoms with van der Waals surface area (Å²) in [5, 5.41) is 11.7. The van der Waals surface area contributed by atoms with Gasteiger partial charge < -0.3 is 28.9 Å².